The van der Waals surface area contributed by atoms with E-state index in [0.717, 1.165) is 19.0 Å². The zero-order valence-electron chi connectivity index (χ0n) is 23.0. The fourth-order valence-corrected chi connectivity index (χ4v) is 3.87. The summed E-state index contributed by atoms with van der Waals surface area (Å²) < 4.78 is 0. The van der Waals surface area contributed by atoms with Crippen molar-refractivity contribution < 1.29 is 0 Å². The molecule has 0 aliphatic heterocycles. The highest BCUT2D eigenvalue weighted by Crippen LogP contribution is 2.36. The van der Waals surface area contributed by atoms with Crippen molar-refractivity contribution in [3.05, 3.63) is 35.4 Å². The average molecular weight is 422 g/mol. The van der Waals surface area contributed by atoms with Gasteiger partial charge in [0.15, 0.2) is 0 Å². The van der Waals surface area contributed by atoms with Gasteiger partial charge in [-0.25, -0.2) is 0 Å². The van der Waals surface area contributed by atoms with Gasteiger partial charge in [-0.15, -0.1) is 0 Å². The predicted molar refractivity (Wildman–Crippen MR) is 143 cm³/mol. The Morgan fingerprint density at radius 3 is 1.60 bits per heavy atom. The van der Waals surface area contributed by atoms with Crippen molar-refractivity contribution in [2.75, 3.05) is 13.1 Å². The number of hydrogen-bond donors (Lipinski definition) is 1. The molecule has 0 aromatic heterocycles. The first-order valence-corrected chi connectivity index (χ1v) is 13.2. The Bertz CT molecular complexity index is 408. The Hall–Kier alpha value is -0.820. The Kier molecular flexibility index (Phi) is 27.6. The molecule has 30 heavy (non-hydrogen) atoms. The minimum absolute atomic E-state index is 0.684. The summed E-state index contributed by atoms with van der Waals surface area (Å²) in [7, 11) is 0. The van der Waals surface area contributed by atoms with Crippen molar-refractivity contribution in [3.63, 3.8) is 0 Å². The van der Waals surface area contributed by atoms with Gasteiger partial charge in [0, 0.05) is 0 Å². The first-order valence-electron chi connectivity index (χ1n) is 13.2. The fourth-order valence-electron chi connectivity index (χ4n) is 3.87. The van der Waals surface area contributed by atoms with E-state index in [-0.39, 0.29) is 0 Å². The lowest BCUT2D eigenvalue weighted by Gasteiger charge is -2.31. The molecular formula is C29H59N. The zero-order valence-corrected chi connectivity index (χ0v) is 23.0. The van der Waals surface area contributed by atoms with Crippen molar-refractivity contribution in [1.29, 1.82) is 0 Å². The number of nitrogens with one attached hydrogen (secondary N) is 1. The highest BCUT2D eigenvalue weighted by atomic mass is 14.8. The quantitative estimate of drug-likeness (QED) is 0.331. The Morgan fingerprint density at radius 1 is 0.767 bits per heavy atom. The van der Waals surface area contributed by atoms with Gasteiger partial charge in [-0.05, 0) is 62.6 Å². The van der Waals surface area contributed by atoms with Gasteiger partial charge in [-0.2, -0.15) is 0 Å². The molecule has 1 aromatic carbocycles. The molecule has 1 unspecified atom stereocenters. The van der Waals surface area contributed by atoms with Crippen LogP contribution in [0, 0.1) is 18.3 Å². The third-order valence-electron chi connectivity index (χ3n) is 5.69. The van der Waals surface area contributed by atoms with Gasteiger partial charge in [0.05, 0.1) is 0 Å². The number of rotatable bonds is 12. The van der Waals surface area contributed by atoms with Gasteiger partial charge in [0.25, 0.3) is 0 Å². The zero-order chi connectivity index (χ0) is 23.8. The Labute approximate surface area is 192 Å². The molecule has 1 N–H and O–H groups in total. The minimum atomic E-state index is 0.684. The molecule has 0 radical (unpaired) electrons. The molecule has 1 rings (SSSR count). The molecule has 0 bridgehead atoms. The Balaban J connectivity index is -0.000000431. The highest BCUT2D eigenvalue weighted by Gasteiger charge is 2.23. The maximum absolute atomic E-state index is 3.47. The summed E-state index contributed by atoms with van der Waals surface area (Å²) in [5.74, 6) is 0.722. The van der Waals surface area contributed by atoms with E-state index in [2.05, 4.69) is 78.0 Å². The standard InChI is InChI=1S/C14H23N.C11H24.2C2H6/c1-4-9-15-11-13(3)10-14-7-5-12(2)6-8-14;1-5-9-11(7-3,8-4)10-6-2;2*1-2/h5-8,13,15H,4,9-11H2,1-3H3;5-10H2,1-4H3;2*1-2H3. The summed E-state index contributed by atoms with van der Waals surface area (Å²) in [6.45, 7) is 26.2. The van der Waals surface area contributed by atoms with Gasteiger partial charge in [0.1, 0.15) is 0 Å². The van der Waals surface area contributed by atoms with E-state index in [1.54, 1.807) is 0 Å². The maximum Gasteiger partial charge on any atom is -0.00200 e. The van der Waals surface area contributed by atoms with Crippen LogP contribution in [-0.2, 0) is 6.42 Å². The molecule has 0 fully saturated rings. The number of hydrogen-bond acceptors (Lipinski definition) is 1. The van der Waals surface area contributed by atoms with Crippen LogP contribution in [0.25, 0.3) is 0 Å². The van der Waals surface area contributed by atoms with Gasteiger partial charge < -0.3 is 5.32 Å². The second-order valence-corrected chi connectivity index (χ2v) is 8.21. The van der Waals surface area contributed by atoms with Gasteiger partial charge >= 0.3 is 0 Å². The second-order valence-electron chi connectivity index (χ2n) is 8.21. The lowest BCUT2D eigenvalue weighted by molar-refractivity contribution is 0.214. The van der Waals surface area contributed by atoms with Crippen molar-refractivity contribution in [3.8, 4) is 0 Å². The molecule has 0 saturated carbocycles. The molecule has 0 spiro atoms. The van der Waals surface area contributed by atoms with Crippen LogP contribution >= 0.6 is 0 Å². The van der Waals surface area contributed by atoms with Crippen molar-refractivity contribution in [2.45, 2.75) is 128 Å². The van der Waals surface area contributed by atoms with Crippen LogP contribution in [0.4, 0.5) is 0 Å². The van der Waals surface area contributed by atoms with Crippen LogP contribution in [0.5, 0.6) is 0 Å². The largest absolute Gasteiger partial charge is 0.316 e. The molecule has 0 aliphatic carbocycles. The van der Waals surface area contributed by atoms with Crippen LogP contribution in [0.15, 0.2) is 24.3 Å². The van der Waals surface area contributed by atoms with E-state index in [1.165, 1.54) is 62.5 Å². The monoisotopic (exact) mass is 421 g/mol. The van der Waals surface area contributed by atoms with E-state index in [9.17, 15) is 0 Å². The maximum atomic E-state index is 3.47. The third-order valence-corrected chi connectivity index (χ3v) is 5.69. The van der Waals surface area contributed by atoms with Crippen LogP contribution in [0.2, 0.25) is 0 Å². The lowest BCUT2D eigenvalue weighted by atomic mass is 9.75. The van der Waals surface area contributed by atoms with E-state index in [1.807, 2.05) is 27.7 Å². The SMILES string of the molecule is CC.CC.CCCC(CC)(CC)CCC.CCCNCC(C)Cc1ccc(C)cc1. The molecule has 1 heteroatoms. The molecule has 180 valence electrons. The van der Waals surface area contributed by atoms with Crippen molar-refractivity contribution in [2.24, 2.45) is 11.3 Å². The molecule has 0 amide bonds. The fraction of sp³-hybridized carbons (Fsp3) is 0.793. The van der Waals surface area contributed by atoms with Crippen LogP contribution in [0.1, 0.15) is 125 Å². The summed E-state index contributed by atoms with van der Waals surface area (Å²) in [6.07, 6.45) is 10.7. The summed E-state index contributed by atoms with van der Waals surface area (Å²) >= 11 is 0. The van der Waals surface area contributed by atoms with Gasteiger partial charge in [0.2, 0.25) is 0 Å². The lowest BCUT2D eigenvalue weighted by Crippen LogP contribution is -2.23. The van der Waals surface area contributed by atoms with Gasteiger partial charge in [-0.3, -0.25) is 0 Å². The predicted octanol–water partition coefficient (Wildman–Crippen LogP) is 9.62. The molecule has 1 nitrogen and oxygen atoms in total. The number of benzene rings is 1. The second kappa shape index (κ2) is 24.4. The molecule has 0 saturated heterocycles. The molecule has 1 atom stereocenters. The normalized spacial score (nSPS) is 11.2. The van der Waals surface area contributed by atoms with E-state index in [0.29, 0.717) is 5.41 Å². The van der Waals surface area contributed by atoms with E-state index >= 15 is 0 Å². The summed E-state index contributed by atoms with van der Waals surface area (Å²) in [6, 6.07) is 8.88. The summed E-state index contributed by atoms with van der Waals surface area (Å²) in [4.78, 5) is 0. The molecular weight excluding hydrogens is 362 g/mol. The topological polar surface area (TPSA) is 12.0 Å². The smallest absolute Gasteiger partial charge is 0.00200 e. The number of aryl methyl sites for hydroxylation is 1. The van der Waals surface area contributed by atoms with E-state index in [4.69, 9.17) is 0 Å². The first-order chi connectivity index (χ1) is 14.5. The summed E-state index contributed by atoms with van der Waals surface area (Å²) in [5, 5.41) is 3.47. The third kappa shape index (κ3) is 18.0. The average Bonchev–Trinajstić information content (AvgIpc) is 2.78. The van der Waals surface area contributed by atoms with Crippen molar-refractivity contribution in [1.82, 2.24) is 5.32 Å². The molecule has 1 aromatic rings. The Morgan fingerprint density at radius 2 is 1.23 bits per heavy atom. The molecule has 0 heterocycles. The van der Waals surface area contributed by atoms with Crippen LogP contribution in [0.3, 0.4) is 0 Å². The minimum Gasteiger partial charge on any atom is -0.316 e. The highest BCUT2D eigenvalue weighted by molar-refractivity contribution is 5.21. The van der Waals surface area contributed by atoms with Gasteiger partial charge in [-0.1, -0.05) is 125 Å². The molecule has 0 aliphatic rings. The van der Waals surface area contributed by atoms with Crippen LogP contribution in [-0.4, -0.2) is 13.1 Å². The summed E-state index contributed by atoms with van der Waals surface area (Å²) in [5.41, 5.74) is 3.48. The first kappa shape index (κ1) is 33.8. The van der Waals surface area contributed by atoms with Crippen LogP contribution < -0.4 is 5.32 Å². The van der Waals surface area contributed by atoms with Crippen molar-refractivity contribution >= 4 is 0 Å². The van der Waals surface area contributed by atoms with E-state index < -0.39 is 0 Å².